The maximum absolute atomic E-state index is 13.2. The predicted octanol–water partition coefficient (Wildman–Crippen LogP) is 7.35. The predicted molar refractivity (Wildman–Crippen MR) is 156 cm³/mol. The Hall–Kier alpha value is -1.31. The zero-order valence-corrected chi connectivity index (χ0v) is 26.1. The van der Waals surface area contributed by atoms with E-state index in [4.69, 9.17) is 9.47 Å². The number of hydrogen-bond donors (Lipinski definition) is 0. The molecular formula is C24H30O4S4Si2. The SMILES string of the molecule is CCOC(=O)c1c(-c2sc3cc([Si](C)(C)C)sc3c2C(=O)OCC)sc2cc([Si](C)(C)C)sc12. The number of ether oxygens (including phenoxy) is 2. The molecule has 4 aromatic rings. The highest BCUT2D eigenvalue weighted by Crippen LogP contribution is 2.49. The second-order valence-electron chi connectivity index (χ2n) is 10.2. The molecule has 0 fully saturated rings. The molecule has 0 radical (unpaired) electrons. The Morgan fingerprint density at radius 3 is 1.32 bits per heavy atom. The normalized spacial score (nSPS) is 12.6. The van der Waals surface area contributed by atoms with Gasteiger partial charge in [-0.15, -0.1) is 45.3 Å². The first kappa shape index (κ1) is 25.8. The van der Waals surface area contributed by atoms with Crippen LogP contribution in [0.3, 0.4) is 0 Å². The van der Waals surface area contributed by atoms with Gasteiger partial charge in [0.25, 0.3) is 0 Å². The Balaban J connectivity index is 2.00. The molecular weight excluding hydrogens is 537 g/mol. The minimum atomic E-state index is -1.53. The Morgan fingerprint density at radius 1 is 0.676 bits per heavy atom. The molecule has 0 unspecified atom stereocenters. The third-order valence-corrected chi connectivity index (χ3v) is 17.5. The van der Waals surface area contributed by atoms with Crippen LogP contribution < -0.4 is 9.00 Å². The van der Waals surface area contributed by atoms with Crippen LogP contribution >= 0.6 is 45.3 Å². The van der Waals surface area contributed by atoms with Crippen LogP contribution in [-0.2, 0) is 9.47 Å². The molecule has 0 bridgehead atoms. The van der Waals surface area contributed by atoms with Gasteiger partial charge in [-0.2, -0.15) is 0 Å². The quantitative estimate of drug-likeness (QED) is 0.173. The third kappa shape index (κ3) is 4.60. The summed E-state index contributed by atoms with van der Waals surface area (Å²) in [4.78, 5) is 28.1. The van der Waals surface area contributed by atoms with Crippen molar-refractivity contribution in [3.8, 4) is 9.75 Å². The summed E-state index contributed by atoms with van der Waals surface area (Å²) in [6.45, 7) is 18.2. The molecule has 4 heterocycles. The molecule has 10 heteroatoms. The highest BCUT2D eigenvalue weighted by Gasteiger charge is 2.32. The molecule has 0 aliphatic carbocycles. The van der Waals surface area contributed by atoms with Gasteiger partial charge in [-0.1, -0.05) is 39.3 Å². The topological polar surface area (TPSA) is 52.6 Å². The molecule has 182 valence electrons. The molecule has 4 nitrogen and oxygen atoms in total. The molecule has 0 spiro atoms. The monoisotopic (exact) mass is 566 g/mol. The van der Waals surface area contributed by atoms with Crippen LogP contribution in [0.2, 0.25) is 39.3 Å². The summed E-state index contributed by atoms with van der Waals surface area (Å²) in [7, 11) is -3.05. The molecule has 34 heavy (non-hydrogen) atoms. The van der Waals surface area contributed by atoms with Gasteiger partial charge < -0.3 is 9.47 Å². The average molecular weight is 567 g/mol. The first-order valence-electron chi connectivity index (χ1n) is 11.3. The maximum atomic E-state index is 13.2. The third-order valence-electron chi connectivity index (χ3n) is 5.37. The fourth-order valence-electron chi connectivity index (χ4n) is 3.61. The van der Waals surface area contributed by atoms with E-state index >= 15 is 0 Å². The lowest BCUT2D eigenvalue weighted by atomic mass is 10.1. The van der Waals surface area contributed by atoms with Crippen molar-refractivity contribution in [3.05, 3.63) is 23.3 Å². The Labute approximate surface area is 218 Å². The van der Waals surface area contributed by atoms with Crippen molar-refractivity contribution >= 4 is 101 Å². The van der Waals surface area contributed by atoms with Gasteiger partial charge in [0.05, 0.1) is 59.6 Å². The summed E-state index contributed by atoms with van der Waals surface area (Å²) in [5.74, 6) is -0.635. The van der Waals surface area contributed by atoms with E-state index in [1.165, 1.54) is 9.00 Å². The van der Waals surface area contributed by atoms with E-state index in [1.54, 1.807) is 45.3 Å². The Kier molecular flexibility index (Phi) is 7.04. The number of rotatable bonds is 7. The smallest absolute Gasteiger partial charge is 0.341 e. The van der Waals surface area contributed by atoms with E-state index in [0.29, 0.717) is 24.3 Å². The standard InChI is InChI=1S/C24H30O4S4Si2/c1-9-27-23(25)17-19-13(11-15(31-19)33(3,4)5)29-21(17)22-18(24(26)28-10-2)20-14(30-22)12-16(32-20)34(6,7)8/h11-12H,9-10H2,1-8H3. The lowest BCUT2D eigenvalue weighted by Gasteiger charge is -2.13. The van der Waals surface area contributed by atoms with Gasteiger partial charge in [0, 0.05) is 9.40 Å². The van der Waals surface area contributed by atoms with E-state index in [2.05, 4.69) is 51.4 Å². The number of thiophene rings is 4. The van der Waals surface area contributed by atoms with Gasteiger partial charge in [-0.05, 0) is 35.0 Å². The largest absolute Gasteiger partial charge is 0.462 e. The summed E-state index contributed by atoms with van der Waals surface area (Å²) in [6, 6.07) is 4.48. The van der Waals surface area contributed by atoms with Crippen LogP contribution in [0.5, 0.6) is 0 Å². The summed E-state index contributed by atoms with van der Waals surface area (Å²) in [6.07, 6.45) is 0. The lowest BCUT2D eigenvalue weighted by Crippen LogP contribution is -2.34. The minimum Gasteiger partial charge on any atom is -0.462 e. The Bertz CT molecular complexity index is 1290. The highest BCUT2D eigenvalue weighted by molar-refractivity contribution is 7.39. The number of hydrogen-bond acceptors (Lipinski definition) is 8. The average Bonchev–Trinajstić information content (AvgIpc) is 3.43. The number of carbonyl (C=O) groups excluding carboxylic acids is 2. The zero-order chi connectivity index (χ0) is 25.0. The van der Waals surface area contributed by atoms with Crippen molar-refractivity contribution in [2.45, 2.75) is 53.1 Å². The first-order chi connectivity index (χ1) is 15.9. The summed E-state index contributed by atoms with van der Waals surface area (Å²) in [5, 5.41) is 0. The Morgan fingerprint density at radius 2 is 1.03 bits per heavy atom. The van der Waals surface area contributed by atoms with Gasteiger partial charge in [0.1, 0.15) is 0 Å². The molecule has 0 saturated heterocycles. The van der Waals surface area contributed by atoms with Gasteiger partial charge in [-0.25, -0.2) is 9.59 Å². The molecule has 4 rings (SSSR count). The fraction of sp³-hybridized carbons (Fsp3) is 0.417. The van der Waals surface area contributed by atoms with Crippen LogP contribution in [0, 0.1) is 0 Å². The lowest BCUT2D eigenvalue weighted by molar-refractivity contribution is 0.0518. The van der Waals surface area contributed by atoms with Crippen molar-refractivity contribution in [2.75, 3.05) is 13.2 Å². The summed E-state index contributed by atoms with van der Waals surface area (Å²) >= 11 is 6.60. The van der Waals surface area contributed by atoms with Crippen LogP contribution in [0.25, 0.3) is 28.6 Å². The summed E-state index contributed by atoms with van der Waals surface area (Å²) in [5.41, 5.74) is 1.20. The van der Waals surface area contributed by atoms with E-state index in [9.17, 15) is 9.59 Å². The van der Waals surface area contributed by atoms with Crippen LogP contribution in [-0.4, -0.2) is 41.3 Å². The maximum Gasteiger partial charge on any atom is 0.341 e. The van der Waals surface area contributed by atoms with Crippen molar-refractivity contribution in [1.82, 2.24) is 0 Å². The molecule has 0 atom stereocenters. The van der Waals surface area contributed by atoms with E-state index in [1.807, 2.05) is 13.8 Å². The number of fused-ring (bicyclic) bond motifs is 2. The van der Waals surface area contributed by atoms with Crippen LogP contribution in [0.15, 0.2) is 12.1 Å². The molecule has 4 aromatic heterocycles. The number of carbonyl (C=O) groups is 2. The molecule has 0 N–H and O–H groups in total. The highest BCUT2D eigenvalue weighted by atomic mass is 32.1. The van der Waals surface area contributed by atoms with Crippen molar-refractivity contribution in [3.63, 3.8) is 0 Å². The van der Waals surface area contributed by atoms with Gasteiger partial charge in [0.2, 0.25) is 0 Å². The van der Waals surface area contributed by atoms with Crippen LogP contribution in [0.1, 0.15) is 34.6 Å². The molecule has 0 aromatic carbocycles. The van der Waals surface area contributed by atoms with E-state index < -0.39 is 16.1 Å². The van der Waals surface area contributed by atoms with Crippen LogP contribution in [0.4, 0.5) is 0 Å². The van der Waals surface area contributed by atoms with E-state index in [-0.39, 0.29) is 11.9 Å². The molecule has 0 aliphatic heterocycles. The zero-order valence-electron chi connectivity index (χ0n) is 20.8. The second kappa shape index (κ2) is 9.29. The minimum absolute atomic E-state index is 0.311. The molecule has 0 amide bonds. The van der Waals surface area contributed by atoms with Gasteiger partial charge >= 0.3 is 11.9 Å². The van der Waals surface area contributed by atoms with Crippen molar-refractivity contribution in [2.24, 2.45) is 0 Å². The first-order valence-corrected chi connectivity index (χ1v) is 21.6. The fourth-order valence-corrected chi connectivity index (χ4v) is 12.9. The van der Waals surface area contributed by atoms with E-state index in [0.717, 1.165) is 28.6 Å². The van der Waals surface area contributed by atoms with Crippen molar-refractivity contribution in [1.29, 1.82) is 0 Å². The molecule has 0 saturated carbocycles. The van der Waals surface area contributed by atoms with Gasteiger partial charge in [-0.3, -0.25) is 0 Å². The number of esters is 2. The second-order valence-corrected chi connectivity index (χ2v) is 25.2. The van der Waals surface area contributed by atoms with Gasteiger partial charge in [0.15, 0.2) is 0 Å². The van der Waals surface area contributed by atoms with Crippen molar-refractivity contribution < 1.29 is 19.1 Å². The summed E-state index contributed by atoms with van der Waals surface area (Å²) < 4.78 is 17.9. The molecule has 0 aliphatic rings.